The van der Waals surface area contributed by atoms with Gasteiger partial charge in [-0.25, -0.2) is 24.1 Å². The van der Waals surface area contributed by atoms with Crippen LogP contribution in [-0.2, 0) is 11.8 Å². The predicted molar refractivity (Wildman–Crippen MR) is 213 cm³/mol. The van der Waals surface area contributed by atoms with E-state index in [4.69, 9.17) is 4.52 Å². The van der Waals surface area contributed by atoms with Crippen LogP contribution >= 0.6 is 0 Å². The minimum Gasteiger partial charge on any atom is -0.365 e. The highest BCUT2D eigenvalue weighted by Gasteiger charge is 2.26. The number of rotatable bonds is 11. The van der Waals surface area contributed by atoms with Gasteiger partial charge in [-0.2, -0.15) is 4.98 Å². The van der Waals surface area contributed by atoms with E-state index in [1.54, 1.807) is 25.1 Å². The van der Waals surface area contributed by atoms with Gasteiger partial charge in [-0.1, -0.05) is 50.2 Å². The number of aromatic amines is 1. The van der Waals surface area contributed by atoms with Crippen molar-refractivity contribution >= 4 is 23.2 Å². The van der Waals surface area contributed by atoms with Crippen LogP contribution in [0.5, 0.6) is 0 Å². The van der Waals surface area contributed by atoms with Crippen LogP contribution in [0, 0.1) is 5.82 Å². The maximum absolute atomic E-state index is 15.4. The minimum absolute atomic E-state index is 0.179. The summed E-state index contributed by atoms with van der Waals surface area (Å²) in [4.78, 5) is 60.8. The second-order valence-electron chi connectivity index (χ2n) is 15.2. The van der Waals surface area contributed by atoms with Crippen LogP contribution in [0.25, 0.3) is 16.9 Å². The Balaban J connectivity index is 0.911. The van der Waals surface area contributed by atoms with Crippen molar-refractivity contribution in [2.24, 2.45) is 0 Å². The fourth-order valence-corrected chi connectivity index (χ4v) is 6.69. The highest BCUT2D eigenvalue weighted by atomic mass is 19.1. The molecule has 2 aromatic carbocycles. The molecule has 2 atom stereocenters. The van der Waals surface area contributed by atoms with E-state index >= 15 is 4.39 Å². The molecule has 15 nitrogen and oxygen atoms in total. The number of aromatic nitrogens is 7. The minimum atomic E-state index is -0.665. The number of carbonyl (C=O) groups excluding carboxylic acids is 1. The van der Waals surface area contributed by atoms with Gasteiger partial charge < -0.3 is 20.1 Å². The molecule has 0 aliphatic carbocycles. The third kappa shape index (κ3) is 9.13. The fraction of sp³-hybridized carbons (Fsp3) is 0.317. The zero-order valence-corrected chi connectivity index (χ0v) is 32.4. The van der Waals surface area contributed by atoms with Gasteiger partial charge in [-0.05, 0) is 56.2 Å². The first-order valence-electron chi connectivity index (χ1n) is 18.7. The van der Waals surface area contributed by atoms with Gasteiger partial charge in [0.2, 0.25) is 0 Å². The molecule has 7 rings (SSSR count). The molecule has 3 N–H and O–H groups in total. The van der Waals surface area contributed by atoms with Crippen LogP contribution in [0.4, 0.5) is 21.7 Å². The second kappa shape index (κ2) is 16.3. The zero-order chi connectivity index (χ0) is 40.3. The average molecular weight is 774 g/mol. The Morgan fingerprint density at radius 1 is 0.982 bits per heavy atom. The Hall–Kier alpha value is -6.55. The first-order valence-corrected chi connectivity index (χ1v) is 18.7. The quantitative estimate of drug-likeness (QED) is 0.157. The van der Waals surface area contributed by atoms with Crippen molar-refractivity contribution < 1.29 is 13.7 Å². The summed E-state index contributed by atoms with van der Waals surface area (Å²) in [6, 6.07) is 19.1. The van der Waals surface area contributed by atoms with Crippen molar-refractivity contribution in [1.29, 1.82) is 0 Å². The molecule has 0 radical (unpaired) electrons. The zero-order valence-electron chi connectivity index (χ0n) is 32.4. The molecule has 5 heterocycles. The summed E-state index contributed by atoms with van der Waals surface area (Å²) in [5.74, 6) is 0.245. The summed E-state index contributed by atoms with van der Waals surface area (Å²) in [5, 5.41) is 9.83. The normalized spacial score (nSPS) is 15.3. The largest absolute Gasteiger partial charge is 0.365 e. The van der Waals surface area contributed by atoms with Crippen molar-refractivity contribution in [1.82, 2.24) is 44.9 Å². The molecular weight excluding hydrogens is 730 g/mol. The summed E-state index contributed by atoms with van der Waals surface area (Å²) in [6.45, 7) is 13.2. The monoisotopic (exact) mass is 773 g/mol. The summed E-state index contributed by atoms with van der Waals surface area (Å²) < 4.78 is 21.9. The number of halogens is 1. The number of benzene rings is 2. The lowest BCUT2D eigenvalue weighted by atomic mass is 9.96. The topological polar surface area (TPSA) is 180 Å². The van der Waals surface area contributed by atoms with E-state index in [1.807, 2.05) is 63.4 Å². The van der Waals surface area contributed by atoms with Gasteiger partial charge in [0.05, 0.1) is 29.3 Å². The third-order valence-corrected chi connectivity index (χ3v) is 9.87. The highest BCUT2D eigenvalue weighted by molar-refractivity contribution is 5.89. The molecule has 1 saturated heterocycles. The SMILES string of the molecule is C[C@@H](NC(=O)c1nc(C(C)(C)C)no1)c1ccc(-c2cc(Nc3ccc(N4CCN(CCc5ccc(-n6ccc(=O)[nH]c6=O)cc5)C[C@@H]4C)cn3)ncn2)cc1F. The van der Waals surface area contributed by atoms with Crippen molar-refractivity contribution in [3.63, 3.8) is 0 Å². The molecule has 1 fully saturated rings. The Bertz CT molecular complexity index is 2480. The number of hydrogen-bond donors (Lipinski definition) is 3. The van der Waals surface area contributed by atoms with Crippen molar-refractivity contribution in [2.45, 2.75) is 58.5 Å². The second-order valence-corrected chi connectivity index (χ2v) is 15.2. The van der Waals surface area contributed by atoms with Gasteiger partial charge in [-0.15, -0.1) is 0 Å². The summed E-state index contributed by atoms with van der Waals surface area (Å²) >= 11 is 0. The van der Waals surface area contributed by atoms with E-state index in [2.05, 4.69) is 57.4 Å². The molecule has 4 aromatic heterocycles. The Morgan fingerprint density at radius 3 is 2.46 bits per heavy atom. The van der Waals surface area contributed by atoms with Gasteiger partial charge >= 0.3 is 17.5 Å². The van der Waals surface area contributed by atoms with Crippen molar-refractivity contribution in [2.75, 3.05) is 36.4 Å². The smallest absolute Gasteiger partial charge is 0.332 e. The number of nitrogens with zero attached hydrogens (tertiary/aromatic N) is 8. The number of anilines is 3. The summed E-state index contributed by atoms with van der Waals surface area (Å²) in [6.07, 6.45) is 5.61. The molecule has 0 saturated carbocycles. The van der Waals surface area contributed by atoms with Gasteiger partial charge in [0.25, 0.3) is 5.56 Å². The van der Waals surface area contributed by atoms with Crippen LogP contribution < -0.4 is 26.8 Å². The lowest BCUT2D eigenvalue weighted by Crippen LogP contribution is -2.52. The van der Waals surface area contributed by atoms with Crippen molar-refractivity contribution in [3.05, 3.63) is 135 Å². The predicted octanol–water partition coefficient (Wildman–Crippen LogP) is 5.19. The van der Waals surface area contributed by atoms with Gasteiger partial charge in [0, 0.05) is 67.1 Å². The van der Waals surface area contributed by atoms with Crippen LogP contribution in [0.2, 0.25) is 0 Å². The maximum atomic E-state index is 15.4. The van der Waals surface area contributed by atoms with E-state index in [1.165, 1.54) is 34.8 Å². The van der Waals surface area contributed by atoms with Crippen LogP contribution in [0.3, 0.4) is 0 Å². The lowest BCUT2D eigenvalue weighted by molar-refractivity contribution is 0.0895. The van der Waals surface area contributed by atoms with Crippen LogP contribution in [0.15, 0.2) is 99.6 Å². The van der Waals surface area contributed by atoms with Crippen LogP contribution in [-0.4, -0.2) is 77.7 Å². The maximum Gasteiger partial charge on any atom is 0.332 e. The molecule has 0 spiro atoms. The van der Waals surface area contributed by atoms with E-state index in [0.29, 0.717) is 40.0 Å². The van der Waals surface area contributed by atoms with Gasteiger partial charge in [0.15, 0.2) is 5.82 Å². The summed E-state index contributed by atoms with van der Waals surface area (Å²) in [7, 11) is 0. The van der Waals surface area contributed by atoms with Gasteiger partial charge in [0.1, 0.15) is 23.8 Å². The average Bonchev–Trinajstić information content (AvgIpc) is 3.70. The molecule has 0 bridgehead atoms. The molecule has 294 valence electrons. The first kappa shape index (κ1) is 38.7. The standard InChI is InChI=1S/C41H44FN11O4/c1-25-23-51(16-14-27-6-9-29(10-7-27)53-17-15-36(54)48-40(53)56)18-19-52(25)30-11-13-34(43-22-30)47-35-21-33(44-24-45-35)28-8-12-31(32(42)20-28)26(2)46-37(55)38-49-39(50-57-38)41(3,4)5/h6-13,15,17,20-22,24-26H,14,16,18-19,23H2,1-5H3,(H,46,55)(H,48,54,56)(H,43,44,45,47)/t25-,26+/m0/s1. The third-order valence-electron chi connectivity index (χ3n) is 9.87. The Kier molecular flexibility index (Phi) is 11.1. The number of hydrogen-bond acceptors (Lipinski definition) is 12. The first-order chi connectivity index (χ1) is 27.3. The molecule has 16 heteroatoms. The van der Waals surface area contributed by atoms with E-state index < -0.39 is 29.0 Å². The molecule has 0 unspecified atom stereocenters. The molecule has 57 heavy (non-hydrogen) atoms. The lowest BCUT2D eigenvalue weighted by Gasteiger charge is -2.41. The number of nitrogens with one attached hydrogen (secondary N) is 3. The number of H-pyrrole nitrogens is 1. The molecule has 6 aromatic rings. The highest BCUT2D eigenvalue weighted by Crippen LogP contribution is 2.27. The van der Waals surface area contributed by atoms with Crippen LogP contribution in [0.1, 0.15) is 68.3 Å². The number of amides is 1. The molecule has 1 aliphatic heterocycles. The van der Waals surface area contributed by atoms with E-state index in [9.17, 15) is 14.4 Å². The van der Waals surface area contributed by atoms with Crippen molar-refractivity contribution in [3.8, 4) is 16.9 Å². The van der Waals surface area contributed by atoms with Gasteiger partial charge in [-0.3, -0.25) is 24.0 Å². The molecule has 1 amide bonds. The number of piperazine rings is 1. The summed E-state index contributed by atoms with van der Waals surface area (Å²) in [5.41, 5.74) is 2.98. The Morgan fingerprint density at radius 2 is 1.77 bits per heavy atom. The fourth-order valence-electron chi connectivity index (χ4n) is 6.69. The Labute approximate surface area is 328 Å². The molecular formula is C41H44FN11O4. The molecule has 1 aliphatic rings. The van der Waals surface area contributed by atoms with E-state index in [-0.39, 0.29) is 17.3 Å². The number of carbonyl (C=O) groups is 1. The van der Waals surface area contributed by atoms with E-state index in [0.717, 1.165) is 38.3 Å². The number of pyridine rings is 1.